The van der Waals surface area contributed by atoms with E-state index in [1.165, 1.54) is 12.8 Å². The van der Waals surface area contributed by atoms with Crippen molar-refractivity contribution >= 4 is 22.4 Å². The van der Waals surface area contributed by atoms with Crippen molar-refractivity contribution in [2.24, 2.45) is 5.92 Å². The Hall–Kier alpha value is -1.21. The first-order chi connectivity index (χ1) is 12.7. The molecule has 2 bridgehead atoms. The highest BCUT2D eigenvalue weighted by atomic mass is 32.1. The topological polar surface area (TPSA) is 48.5 Å². The van der Waals surface area contributed by atoms with Gasteiger partial charge in [-0.3, -0.25) is 4.79 Å². The van der Waals surface area contributed by atoms with Gasteiger partial charge >= 0.3 is 0 Å². The molecule has 0 aromatic carbocycles. The number of fused-ring (bicyclic) bond motifs is 3. The van der Waals surface area contributed by atoms with E-state index in [9.17, 15) is 9.18 Å². The van der Waals surface area contributed by atoms with Gasteiger partial charge in [0.1, 0.15) is 0 Å². The summed E-state index contributed by atoms with van der Waals surface area (Å²) in [6.07, 6.45) is 5.77. The first kappa shape index (κ1) is 16.9. The summed E-state index contributed by atoms with van der Waals surface area (Å²) < 4.78 is 14.7. The Labute approximate surface area is 158 Å². The van der Waals surface area contributed by atoms with Crippen molar-refractivity contribution in [3.63, 3.8) is 0 Å². The number of carbonyl (C=O) groups is 1. The standard InChI is InChI=1S/C19H27FN4OS/c20-17(12-3-1-2-4-12)18(25)23-8-7-15-16(11-23)26-19(22-15)24-13-5-6-14(24)10-21-9-13/h12-14,17,21H,1-11H2. The Kier molecular flexibility index (Phi) is 4.39. The number of anilines is 1. The van der Waals surface area contributed by atoms with Gasteiger partial charge in [0, 0.05) is 43.0 Å². The van der Waals surface area contributed by atoms with E-state index < -0.39 is 6.17 Å². The van der Waals surface area contributed by atoms with E-state index >= 15 is 0 Å². The fourth-order valence-electron chi connectivity index (χ4n) is 5.20. The summed E-state index contributed by atoms with van der Waals surface area (Å²) in [6.45, 7) is 3.23. The number of halogens is 1. The van der Waals surface area contributed by atoms with Crippen molar-refractivity contribution in [1.82, 2.24) is 15.2 Å². The summed E-state index contributed by atoms with van der Waals surface area (Å²) in [7, 11) is 0. The molecule has 0 radical (unpaired) electrons. The van der Waals surface area contributed by atoms with E-state index in [-0.39, 0.29) is 11.8 Å². The molecule has 3 aliphatic heterocycles. The minimum absolute atomic E-state index is 0.0580. The van der Waals surface area contributed by atoms with Gasteiger partial charge < -0.3 is 15.1 Å². The fraction of sp³-hybridized carbons (Fsp3) is 0.789. The summed E-state index contributed by atoms with van der Waals surface area (Å²) in [6, 6.07) is 1.10. The van der Waals surface area contributed by atoms with Crippen LogP contribution >= 0.6 is 11.3 Å². The quantitative estimate of drug-likeness (QED) is 0.878. The number of thiazole rings is 1. The van der Waals surface area contributed by atoms with Crippen molar-refractivity contribution in [2.75, 3.05) is 24.5 Å². The van der Waals surface area contributed by atoms with Crippen LogP contribution in [0.5, 0.6) is 0 Å². The molecular formula is C19H27FN4OS. The predicted octanol–water partition coefficient (Wildman–Crippen LogP) is 2.50. The molecule has 5 nitrogen and oxygen atoms in total. The number of carbonyl (C=O) groups excluding carboxylic acids is 1. The van der Waals surface area contributed by atoms with E-state index in [4.69, 9.17) is 4.98 Å². The highest BCUT2D eigenvalue weighted by Gasteiger charge is 2.40. The van der Waals surface area contributed by atoms with Crippen LogP contribution < -0.4 is 10.2 Å². The summed E-state index contributed by atoms with van der Waals surface area (Å²) in [5.74, 6) is -0.350. The van der Waals surface area contributed by atoms with Crippen LogP contribution in [0.2, 0.25) is 0 Å². The lowest BCUT2D eigenvalue weighted by Gasteiger charge is -2.35. The maximum Gasteiger partial charge on any atom is 0.257 e. The van der Waals surface area contributed by atoms with Gasteiger partial charge in [-0.25, -0.2) is 9.37 Å². The average molecular weight is 379 g/mol. The van der Waals surface area contributed by atoms with Crippen LogP contribution in [0.1, 0.15) is 49.1 Å². The molecule has 142 valence electrons. The lowest BCUT2D eigenvalue weighted by molar-refractivity contribution is -0.139. The molecule has 26 heavy (non-hydrogen) atoms. The molecule has 5 rings (SSSR count). The second-order valence-electron chi connectivity index (χ2n) is 8.27. The highest BCUT2D eigenvalue weighted by molar-refractivity contribution is 7.15. The lowest BCUT2D eigenvalue weighted by Crippen LogP contribution is -2.51. The zero-order valence-electron chi connectivity index (χ0n) is 15.1. The zero-order valence-corrected chi connectivity index (χ0v) is 15.9. The van der Waals surface area contributed by atoms with Gasteiger partial charge in [0.05, 0.1) is 12.2 Å². The molecule has 1 aliphatic carbocycles. The number of nitrogens with zero attached hydrogens (tertiary/aromatic N) is 3. The van der Waals surface area contributed by atoms with Crippen LogP contribution in [-0.4, -0.2) is 53.7 Å². The normalized spacial score (nSPS) is 29.9. The predicted molar refractivity (Wildman–Crippen MR) is 100 cm³/mol. The van der Waals surface area contributed by atoms with E-state index in [1.807, 2.05) is 0 Å². The van der Waals surface area contributed by atoms with Crippen molar-refractivity contribution in [3.05, 3.63) is 10.6 Å². The smallest absolute Gasteiger partial charge is 0.257 e. The zero-order chi connectivity index (χ0) is 17.7. The number of hydrogen-bond acceptors (Lipinski definition) is 5. The fourth-order valence-corrected chi connectivity index (χ4v) is 6.46. The second-order valence-corrected chi connectivity index (χ2v) is 9.33. The van der Waals surface area contributed by atoms with Gasteiger partial charge in [-0.1, -0.05) is 24.2 Å². The molecule has 7 heteroatoms. The molecular weight excluding hydrogens is 351 g/mol. The second kappa shape index (κ2) is 6.75. The molecule has 2 saturated heterocycles. The number of alkyl halides is 1. The van der Waals surface area contributed by atoms with Gasteiger partial charge in [-0.05, 0) is 31.6 Å². The molecule has 3 fully saturated rings. The average Bonchev–Trinajstić information content (AvgIpc) is 3.37. The Bertz CT molecular complexity index is 673. The monoisotopic (exact) mass is 378 g/mol. The molecule has 1 aromatic heterocycles. The third kappa shape index (κ3) is 2.83. The Morgan fingerprint density at radius 3 is 2.65 bits per heavy atom. The van der Waals surface area contributed by atoms with Crippen LogP contribution in [0.25, 0.3) is 0 Å². The number of hydrogen-bond donors (Lipinski definition) is 1. The van der Waals surface area contributed by atoms with Gasteiger partial charge in [0.15, 0.2) is 11.3 Å². The summed E-state index contributed by atoms with van der Waals surface area (Å²) in [4.78, 5) is 23.0. The van der Waals surface area contributed by atoms with E-state index in [0.717, 1.165) is 60.9 Å². The molecule has 0 spiro atoms. The first-order valence-corrected chi connectivity index (χ1v) is 10.9. The summed E-state index contributed by atoms with van der Waals surface area (Å²) in [5, 5.41) is 4.63. The van der Waals surface area contributed by atoms with Crippen LogP contribution in [0.4, 0.5) is 9.52 Å². The Balaban J connectivity index is 1.30. The molecule has 1 N–H and O–H groups in total. The third-order valence-corrected chi connectivity index (χ3v) is 7.78. The summed E-state index contributed by atoms with van der Waals surface area (Å²) >= 11 is 1.73. The summed E-state index contributed by atoms with van der Waals surface area (Å²) in [5.41, 5.74) is 1.13. The number of piperazine rings is 1. The number of nitrogens with one attached hydrogen (secondary N) is 1. The third-order valence-electron chi connectivity index (χ3n) is 6.68. The largest absolute Gasteiger partial charge is 0.340 e. The minimum atomic E-state index is -1.31. The molecule has 3 unspecified atom stereocenters. The van der Waals surface area contributed by atoms with Gasteiger partial charge in [0.25, 0.3) is 5.91 Å². The van der Waals surface area contributed by atoms with Gasteiger partial charge in [0.2, 0.25) is 0 Å². The van der Waals surface area contributed by atoms with Crippen molar-refractivity contribution in [1.29, 1.82) is 0 Å². The number of amides is 1. The van der Waals surface area contributed by atoms with Crippen LogP contribution in [0, 0.1) is 5.92 Å². The molecule has 4 aliphatic rings. The number of rotatable bonds is 3. The first-order valence-electron chi connectivity index (χ1n) is 10.1. The maximum absolute atomic E-state index is 14.7. The molecule has 1 saturated carbocycles. The lowest BCUT2D eigenvalue weighted by atomic mass is 10.0. The van der Waals surface area contributed by atoms with Crippen LogP contribution in [0.3, 0.4) is 0 Å². The molecule has 3 atom stereocenters. The van der Waals surface area contributed by atoms with E-state index in [1.54, 1.807) is 16.2 Å². The highest BCUT2D eigenvalue weighted by Crippen LogP contribution is 2.38. The van der Waals surface area contributed by atoms with Crippen molar-refractivity contribution < 1.29 is 9.18 Å². The Morgan fingerprint density at radius 2 is 1.92 bits per heavy atom. The maximum atomic E-state index is 14.7. The molecule has 1 aromatic rings. The minimum Gasteiger partial charge on any atom is -0.340 e. The van der Waals surface area contributed by atoms with Crippen molar-refractivity contribution in [2.45, 2.75) is 69.7 Å². The number of aromatic nitrogens is 1. The van der Waals surface area contributed by atoms with Crippen LogP contribution in [0.15, 0.2) is 0 Å². The van der Waals surface area contributed by atoms with Gasteiger partial charge in [-0.15, -0.1) is 0 Å². The Morgan fingerprint density at radius 1 is 1.19 bits per heavy atom. The SMILES string of the molecule is O=C(C(F)C1CCCC1)N1CCc2nc(N3C4CCC3CNC4)sc2C1. The molecule has 1 amide bonds. The molecule has 4 heterocycles. The van der Waals surface area contributed by atoms with E-state index in [0.29, 0.717) is 25.2 Å². The van der Waals surface area contributed by atoms with Crippen molar-refractivity contribution in [3.8, 4) is 0 Å². The van der Waals surface area contributed by atoms with Crippen LogP contribution in [-0.2, 0) is 17.8 Å². The van der Waals surface area contributed by atoms with E-state index in [2.05, 4.69) is 10.2 Å². The van der Waals surface area contributed by atoms with Gasteiger partial charge in [-0.2, -0.15) is 0 Å².